The molecule has 2 atom stereocenters. The minimum absolute atomic E-state index is 0.00578. The molecule has 4 aromatic rings. The van der Waals surface area contributed by atoms with Crippen molar-refractivity contribution in [3.05, 3.63) is 65.1 Å². The molecule has 4 rings (SSSR count). The number of alkyl carbamates (subject to hydrolysis) is 1. The van der Waals surface area contributed by atoms with E-state index >= 15 is 0 Å². The number of nitrogens with zero attached hydrogens (tertiary/aromatic N) is 4. The Labute approximate surface area is 274 Å². The molecule has 0 aliphatic rings. The van der Waals surface area contributed by atoms with Crippen LogP contribution in [-0.4, -0.2) is 64.0 Å². The van der Waals surface area contributed by atoms with Gasteiger partial charge in [-0.25, -0.2) is 18.8 Å². The van der Waals surface area contributed by atoms with E-state index in [0.29, 0.717) is 34.3 Å². The Kier molecular flexibility index (Phi) is 10.5. The van der Waals surface area contributed by atoms with Crippen molar-refractivity contribution in [1.29, 1.82) is 0 Å². The molecule has 246 valence electrons. The van der Waals surface area contributed by atoms with Crippen LogP contribution in [0.4, 0.5) is 15.4 Å². The van der Waals surface area contributed by atoms with Crippen molar-refractivity contribution in [2.45, 2.75) is 72.1 Å². The molecule has 0 saturated carbocycles. The quantitative estimate of drug-likeness (QED) is 0.136. The largest absolute Gasteiger partial charge is 0.488 e. The number of rotatable bonds is 9. The second-order valence-electron chi connectivity index (χ2n) is 12.4. The predicted molar refractivity (Wildman–Crippen MR) is 175 cm³/mol. The molecule has 0 bridgehead atoms. The lowest BCUT2D eigenvalue weighted by Crippen LogP contribution is -2.43. The fraction of sp³-hybridized carbons (Fsp3) is 0.387. The summed E-state index contributed by atoms with van der Waals surface area (Å²) in [5, 5.41) is 10.2. The molecule has 15 heteroatoms. The second-order valence-corrected chi connectivity index (χ2v) is 13.6. The Balaban J connectivity index is 1.71. The van der Waals surface area contributed by atoms with Crippen LogP contribution in [-0.2, 0) is 27.2 Å². The maximum absolute atomic E-state index is 12.7. The first-order chi connectivity index (χ1) is 21.5. The highest BCUT2D eigenvalue weighted by Gasteiger charge is 2.24. The van der Waals surface area contributed by atoms with Crippen LogP contribution in [0, 0.1) is 6.92 Å². The summed E-state index contributed by atoms with van der Waals surface area (Å²) < 4.78 is 39.4. The Morgan fingerprint density at radius 3 is 2.33 bits per heavy atom. The second kappa shape index (κ2) is 14.0. The number of fused-ring (bicyclic) bond motifs is 1. The molecule has 3 aromatic heterocycles. The molecule has 3 heterocycles. The third-order valence-corrected chi connectivity index (χ3v) is 7.05. The van der Waals surface area contributed by atoms with Crippen molar-refractivity contribution in [3.63, 3.8) is 0 Å². The van der Waals surface area contributed by atoms with Crippen molar-refractivity contribution in [2.75, 3.05) is 11.9 Å². The number of anilines is 1. The lowest BCUT2D eigenvalue weighted by molar-refractivity contribution is 0.0487. The van der Waals surface area contributed by atoms with Crippen molar-refractivity contribution in [2.24, 2.45) is 0 Å². The predicted octanol–water partition coefficient (Wildman–Crippen LogP) is 6.30. The van der Waals surface area contributed by atoms with Gasteiger partial charge < -0.3 is 19.5 Å². The highest BCUT2D eigenvalue weighted by molar-refractivity contribution is 7.77. The standard InChI is InChI=1S/C31H37ClN6O7S/c1-18-21-14-23(33-16-24(21)38(37-18)46(41)42)22-15-25(27(35-26(22)32)36-29(40)45-31(5,6)7)43-17-20(13-19-11-9-8-10-12-19)34-28(39)44-30(2,3)4/h8-12,14-16,20H,13,17H2,1-7H3,(H,34,39)(H,41,42)(H,35,36,40)/t20-/m0/s1. The van der Waals surface area contributed by atoms with E-state index in [4.69, 9.17) is 25.8 Å². The summed E-state index contributed by atoms with van der Waals surface area (Å²) in [7, 11) is 0. The molecule has 3 N–H and O–H groups in total. The summed E-state index contributed by atoms with van der Waals surface area (Å²) in [4.78, 5) is 34.3. The number of benzene rings is 1. The van der Waals surface area contributed by atoms with Crippen LogP contribution in [0.1, 0.15) is 52.8 Å². The summed E-state index contributed by atoms with van der Waals surface area (Å²) >= 11 is 4.24. The van der Waals surface area contributed by atoms with E-state index in [-0.39, 0.29) is 23.3 Å². The summed E-state index contributed by atoms with van der Waals surface area (Å²) in [6, 6.07) is 12.2. The zero-order chi connectivity index (χ0) is 33.8. The zero-order valence-corrected chi connectivity index (χ0v) is 28.2. The van der Waals surface area contributed by atoms with Gasteiger partial charge in [0.05, 0.1) is 23.6 Å². The Hall–Kier alpha value is -4.27. The molecule has 0 saturated heterocycles. The number of nitrogens with one attached hydrogen (secondary N) is 2. The average molecular weight is 673 g/mol. The maximum Gasteiger partial charge on any atom is 0.413 e. The van der Waals surface area contributed by atoms with E-state index in [1.54, 1.807) is 60.6 Å². The van der Waals surface area contributed by atoms with Crippen LogP contribution in [0.15, 0.2) is 48.7 Å². The van der Waals surface area contributed by atoms with Gasteiger partial charge in [0.2, 0.25) is 0 Å². The van der Waals surface area contributed by atoms with Gasteiger partial charge in [0.15, 0.2) is 11.6 Å². The smallest absolute Gasteiger partial charge is 0.413 e. The van der Waals surface area contributed by atoms with Crippen LogP contribution >= 0.6 is 11.6 Å². The Morgan fingerprint density at radius 2 is 1.70 bits per heavy atom. The van der Waals surface area contributed by atoms with Gasteiger partial charge in [-0.1, -0.05) is 41.9 Å². The number of aromatic nitrogens is 4. The summed E-state index contributed by atoms with van der Waals surface area (Å²) in [6.45, 7) is 12.1. The average Bonchev–Trinajstić information content (AvgIpc) is 3.27. The monoisotopic (exact) mass is 672 g/mol. The summed E-state index contributed by atoms with van der Waals surface area (Å²) in [5.74, 6) is 0.111. The first-order valence-corrected chi connectivity index (χ1v) is 15.8. The van der Waals surface area contributed by atoms with Gasteiger partial charge >= 0.3 is 12.2 Å². The molecule has 0 fully saturated rings. The highest BCUT2D eigenvalue weighted by Crippen LogP contribution is 2.35. The van der Waals surface area contributed by atoms with Crippen molar-refractivity contribution in [1.82, 2.24) is 24.5 Å². The van der Waals surface area contributed by atoms with E-state index in [0.717, 1.165) is 9.65 Å². The minimum Gasteiger partial charge on any atom is -0.488 e. The minimum atomic E-state index is -2.37. The Bertz CT molecular complexity index is 1750. The third-order valence-electron chi connectivity index (χ3n) is 6.19. The molecule has 13 nitrogen and oxygen atoms in total. The van der Waals surface area contributed by atoms with Gasteiger partial charge in [-0.2, -0.15) is 9.19 Å². The number of carbonyl (C=O) groups is 2. The first-order valence-electron chi connectivity index (χ1n) is 14.3. The van der Waals surface area contributed by atoms with E-state index in [9.17, 15) is 18.4 Å². The van der Waals surface area contributed by atoms with Crippen LogP contribution in [0.3, 0.4) is 0 Å². The molecule has 2 amide bonds. The van der Waals surface area contributed by atoms with Crippen molar-refractivity contribution < 1.29 is 32.6 Å². The first kappa shape index (κ1) is 34.6. The number of carbonyl (C=O) groups excluding carboxylic acids is 2. The van der Waals surface area contributed by atoms with Crippen LogP contribution < -0.4 is 15.4 Å². The number of halogens is 1. The van der Waals surface area contributed by atoms with Gasteiger partial charge in [0.25, 0.3) is 11.3 Å². The van der Waals surface area contributed by atoms with E-state index in [2.05, 4.69) is 25.7 Å². The zero-order valence-electron chi connectivity index (χ0n) is 26.6. The number of aryl methyl sites for hydroxylation is 1. The lowest BCUT2D eigenvalue weighted by atomic mass is 10.1. The number of amides is 2. The van der Waals surface area contributed by atoms with E-state index < -0.39 is 40.7 Å². The van der Waals surface area contributed by atoms with Crippen LogP contribution in [0.25, 0.3) is 22.2 Å². The van der Waals surface area contributed by atoms with Gasteiger partial charge in [0.1, 0.15) is 28.5 Å². The Morgan fingerprint density at radius 1 is 1.04 bits per heavy atom. The van der Waals surface area contributed by atoms with Crippen molar-refractivity contribution >= 4 is 51.8 Å². The number of ether oxygens (including phenoxy) is 3. The molecule has 1 aromatic carbocycles. The normalized spacial score (nSPS) is 13.2. The van der Waals surface area contributed by atoms with E-state index in [1.165, 1.54) is 6.20 Å². The number of pyridine rings is 2. The number of hydrogen-bond donors (Lipinski definition) is 3. The summed E-state index contributed by atoms with van der Waals surface area (Å²) in [5.41, 5.74) is 1.03. The van der Waals surface area contributed by atoms with Crippen LogP contribution in [0.5, 0.6) is 5.75 Å². The number of hydrogen-bond acceptors (Lipinski definition) is 9. The molecule has 0 aliphatic heterocycles. The molecule has 46 heavy (non-hydrogen) atoms. The molecule has 1 unspecified atom stereocenters. The highest BCUT2D eigenvalue weighted by atomic mass is 35.5. The van der Waals surface area contributed by atoms with Gasteiger partial charge in [-0.05, 0) is 72.6 Å². The van der Waals surface area contributed by atoms with Gasteiger partial charge in [0, 0.05) is 10.9 Å². The fourth-order valence-electron chi connectivity index (χ4n) is 4.37. The molecular formula is C31H37ClN6O7S. The molecule has 0 spiro atoms. The van der Waals surface area contributed by atoms with Gasteiger partial charge in [-0.3, -0.25) is 14.9 Å². The van der Waals surface area contributed by atoms with Crippen molar-refractivity contribution in [3.8, 4) is 17.0 Å². The maximum atomic E-state index is 12.7. The molecular weight excluding hydrogens is 636 g/mol. The van der Waals surface area contributed by atoms with Gasteiger partial charge in [-0.15, -0.1) is 0 Å². The topological polar surface area (TPSA) is 167 Å². The SMILES string of the molecule is Cc1nn(S(=O)O)c2cnc(-c3cc(OC[C@H](Cc4ccccc4)NC(=O)OC(C)(C)C)c(NC(=O)OC(C)(C)C)nc3Cl)cc12. The molecule has 0 aliphatic carbocycles. The molecule has 0 radical (unpaired) electrons. The lowest BCUT2D eigenvalue weighted by Gasteiger charge is -2.24. The van der Waals surface area contributed by atoms with E-state index in [1.807, 2.05) is 30.3 Å². The van der Waals surface area contributed by atoms with Crippen LogP contribution in [0.2, 0.25) is 5.15 Å². The fourth-order valence-corrected chi connectivity index (χ4v) is 5.11. The third kappa shape index (κ3) is 9.37. The summed E-state index contributed by atoms with van der Waals surface area (Å²) in [6.07, 6.45) is 0.428.